The highest BCUT2D eigenvalue weighted by molar-refractivity contribution is 5.29. The molecule has 1 saturated carbocycles. The van der Waals surface area contributed by atoms with Gasteiger partial charge in [0.15, 0.2) is 0 Å². The smallest absolute Gasteiger partial charge is 0.324 e. The molecule has 3 unspecified atom stereocenters. The summed E-state index contributed by atoms with van der Waals surface area (Å²) in [7, 11) is 0. The fraction of sp³-hybridized carbons (Fsp3) is 0.643. The van der Waals surface area contributed by atoms with E-state index in [1.165, 1.54) is 12.4 Å². The monoisotopic (exact) mass is 272 g/mol. The van der Waals surface area contributed by atoms with E-state index < -0.39 is 17.8 Å². The van der Waals surface area contributed by atoms with Crippen molar-refractivity contribution in [3.05, 3.63) is 29.6 Å². The molecule has 1 aromatic heterocycles. The van der Waals surface area contributed by atoms with Crippen LogP contribution < -0.4 is 5.73 Å². The minimum atomic E-state index is -4.36. The predicted octanol–water partition coefficient (Wildman–Crippen LogP) is 3.93. The first-order chi connectivity index (χ1) is 8.93. The van der Waals surface area contributed by atoms with Crippen LogP contribution in [0.1, 0.15) is 49.8 Å². The van der Waals surface area contributed by atoms with Crippen molar-refractivity contribution in [3.8, 4) is 0 Å². The van der Waals surface area contributed by atoms with Gasteiger partial charge in [-0.1, -0.05) is 19.8 Å². The predicted molar refractivity (Wildman–Crippen MR) is 67.3 cm³/mol. The molecule has 0 saturated heterocycles. The Bertz CT molecular complexity index is 431. The molecule has 0 aliphatic heterocycles. The maximum Gasteiger partial charge on any atom is 0.416 e. The minimum absolute atomic E-state index is 0.134. The normalized spacial score (nSPS) is 25.5. The van der Waals surface area contributed by atoms with Gasteiger partial charge in [-0.2, -0.15) is 13.2 Å². The molecule has 0 amide bonds. The van der Waals surface area contributed by atoms with E-state index in [4.69, 9.17) is 5.73 Å². The van der Waals surface area contributed by atoms with Crippen molar-refractivity contribution in [2.75, 3.05) is 0 Å². The molecular formula is C14H19F3N2. The van der Waals surface area contributed by atoms with Crippen molar-refractivity contribution in [1.29, 1.82) is 0 Å². The lowest BCUT2D eigenvalue weighted by Crippen LogP contribution is -2.23. The highest BCUT2D eigenvalue weighted by Crippen LogP contribution is 2.42. The molecule has 2 nitrogen and oxygen atoms in total. The fourth-order valence-electron chi connectivity index (χ4n) is 2.99. The molecule has 1 aromatic rings. The molecule has 1 aliphatic rings. The number of nitrogens with two attached hydrogens (primary N) is 1. The molecule has 2 N–H and O–H groups in total. The van der Waals surface area contributed by atoms with Gasteiger partial charge in [0.05, 0.1) is 5.56 Å². The molecule has 1 fully saturated rings. The summed E-state index contributed by atoms with van der Waals surface area (Å²) < 4.78 is 38.9. The largest absolute Gasteiger partial charge is 0.416 e. The van der Waals surface area contributed by atoms with Gasteiger partial charge in [-0.05, 0) is 36.3 Å². The molecule has 1 heterocycles. The van der Waals surface area contributed by atoms with E-state index in [-0.39, 0.29) is 11.5 Å². The van der Waals surface area contributed by atoms with Crippen LogP contribution in [0.15, 0.2) is 18.5 Å². The first-order valence-electron chi connectivity index (χ1n) is 6.70. The van der Waals surface area contributed by atoms with Gasteiger partial charge < -0.3 is 5.73 Å². The molecule has 0 bridgehead atoms. The van der Waals surface area contributed by atoms with Crippen molar-refractivity contribution in [2.45, 2.75) is 44.8 Å². The summed E-state index contributed by atoms with van der Waals surface area (Å²) >= 11 is 0. The Kier molecular flexibility index (Phi) is 4.13. The van der Waals surface area contributed by atoms with Crippen molar-refractivity contribution in [1.82, 2.24) is 4.98 Å². The summed E-state index contributed by atoms with van der Waals surface area (Å²) in [5, 5.41) is 0. The Hall–Kier alpha value is -1.10. The van der Waals surface area contributed by atoms with E-state index in [2.05, 4.69) is 11.9 Å². The van der Waals surface area contributed by atoms with Crippen LogP contribution in [0, 0.1) is 11.8 Å². The molecule has 19 heavy (non-hydrogen) atoms. The van der Waals surface area contributed by atoms with Gasteiger partial charge in [-0.25, -0.2) is 0 Å². The van der Waals surface area contributed by atoms with Crippen LogP contribution in [0.3, 0.4) is 0 Å². The number of hydrogen-bond donors (Lipinski definition) is 1. The Morgan fingerprint density at radius 3 is 2.74 bits per heavy atom. The van der Waals surface area contributed by atoms with Crippen molar-refractivity contribution in [2.24, 2.45) is 17.6 Å². The molecule has 5 heteroatoms. The molecule has 106 valence electrons. The van der Waals surface area contributed by atoms with Gasteiger partial charge in [-0.15, -0.1) is 0 Å². The Labute approximate surface area is 111 Å². The molecular weight excluding hydrogens is 253 g/mol. The number of pyridine rings is 1. The Balaban J connectivity index is 2.22. The maximum absolute atomic E-state index is 13.0. The van der Waals surface area contributed by atoms with E-state index in [0.717, 1.165) is 31.7 Å². The third kappa shape index (κ3) is 3.08. The van der Waals surface area contributed by atoms with Gasteiger partial charge in [0.1, 0.15) is 0 Å². The van der Waals surface area contributed by atoms with E-state index in [0.29, 0.717) is 5.92 Å². The summed E-state index contributed by atoms with van der Waals surface area (Å²) in [4.78, 5) is 3.81. The first-order valence-corrected chi connectivity index (χ1v) is 6.70. The van der Waals surface area contributed by atoms with E-state index >= 15 is 0 Å². The standard InChI is InChI=1S/C14H19F3N2/c1-2-9-3-4-10(7-9)13(18)11-8-19-6-5-12(11)14(15,16)17/h5-6,8-10,13H,2-4,7,18H2,1H3. The highest BCUT2D eigenvalue weighted by Gasteiger charge is 2.37. The van der Waals surface area contributed by atoms with Crippen molar-refractivity contribution >= 4 is 0 Å². The number of hydrogen-bond acceptors (Lipinski definition) is 2. The zero-order valence-corrected chi connectivity index (χ0v) is 11.0. The van der Waals surface area contributed by atoms with Gasteiger partial charge in [0, 0.05) is 18.4 Å². The number of rotatable bonds is 3. The van der Waals surface area contributed by atoms with E-state index in [1.807, 2.05) is 0 Å². The lowest BCUT2D eigenvalue weighted by Gasteiger charge is -2.23. The maximum atomic E-state index is 13.0. The fourth-order valence-corrected chi connectivity index (χ4v) is 2.99. The quantitative estimate of drug-likeness (QED) is 0.905. The number of halogens is 3. The third-order valence-electron chi connectivity index (χ3n) is 4.18. The second kappa shape index (κ2) is 5.49. The molecule has 1 aliphatic carbocycles. The van der Waals surface area contributed by atoms with Crippen LogP contribution in [-0.2, 0) is 6.18 Å². The topological polar surface area (TPSA) is 38.9 Å². The average Bonchev–Trinajstić information content (AvgIpc) is 2.85. The highest BCUT2D eigenvalue weighted by atomic mass is 19.4. The van der Waals surface area contributed by atoms with Crippen LogP contribution in [0.25, 0.3) is 0 Å². The van der Waals surface area contributed by atoms with E-state index in [9.17, 15) is 13.2 Å². The van der Waals surface area contributed by atoms with Crippen LogP contribution in [0.2, 0.25) is 0 Å². The van der Waals surface area contributed by atoms with Gasteiger partial charge in [0.2, 0.25) is 0 Å². The summed E-state index contributed by atoms with van der Waals surface area (Å²) in [6.07, 6.45) is 2.04. The van der Waals surface area contributed by atoms with Crippen LogP contribution in [-0.4, -0.2) is 4.98 Å². The van der Waals surface area contributed by atoms with Crippen molar-refractivity contribution in [3.63, 3.8) is 0 Å². The summed E-state index contributed by atoms with van der Waals surface area (Å²) in [6, 6.07) is 0.448. The van der Waals surface area contributed by atoms with Crippen LogP contribution in [0.5, 0.6) is 0 Å². The van der Waals surface area contributed by atoms with Crippen molar-refractivity contribution < 1.29 is 13.2 Å². The van der Waals surface area contributed by atoms with E-state index in [1.54, 1.807) is 0 Å². The van der Waals surface area contributed by atoms with Gasteiger partial charge in [0.25, 0.3) is 0 Å². The van der Waals surface area contributed by atoms with Gasteiger partial charge in [-0.3, -0.25) is 4.98 Å². The average molecular weight is 272 g/mol. The Morgan fingerprint density at radius 2 is 2.16 bits per heavy atom. The number of aromatic nitrogens is 1. The number of nitrogens with zero attached hydrogens (tertiary/aromatic N) is 1. The SMILES string of the molecule is CCC1CCC(C(N)c2cnccc2C(F)(F)F)C1. The molecule has 0 radical (unpaired) electrons. The Morgan fingerprint density at radius 1 is 1.42 bits per heavy atom. The molecule has 3 atom stereocenters. The second-order valence-corrected chi connectivity index (χ2v) is 5.33. The summed E-state index contributed by atoms with van der Waals surface area (Å²) in [5.74, 6) is 0.734. The lowest BCUT2D eigenvalue weighted by atomic mass is 9.89. The zero-order valence-electron chi connectivity index (χ0n) is 11.0. The summed E-state index contributed by atoms with van der Waals surface area (Å²) in [6.45, 7) is 2.11. The summed E-state index contributed by atoms with van der Waals surface area (Å²) in [5.41, 5.74) is 5.57. The zero-order chi connectivity index (χ0) is 14.0. The lowest BCUT2D eigenvalue weighted by molar-refractivity contribution is -0.138. The molecule has 0 spiro atoms. The van der Waals surface area contributed by atoms with Crippen LogP contribution in [0.4, 0.5) is 13.2 Å². The van der Waals surface area contributed by atoms with Gasteiger partial charge >= 0.3 is 6.18 Å². The third-order valence-corrected chi connectivity index (χ3v) is 4.18. The second-order valence-electron chi connectivity index (χ2n) is 5.33. The molecule has 0 aromatic carbocycles. The molecule has 2 rings (SSSR count). The minimum Gasteiger partial charge on any atom is -0.324 e. The first kappa shape index (κ1) is 14.3. The number of alkyl halides is 3. The van der Waals surface area contributed by atoms with Crippen LogP contribution >= 0.6 is 0 Å².